The van der Waals surface area contributed by atoms with Crippen LogP contribution in [0.3, 0.4) is 0 Å². The average molecular weight is 1390 g/mol. The van der Waals surface area contributed by atoms with Crippen LogP contribution in [-0.4, -0.2) is 27.4 Å². The summed E-state index contributed by atoms with van der Waals surface area (Å²) in [5.41, 5.74) is -30.0. The SMILES string of the molecule is [2H]c1c([2H])c2c(c([2H])c1-c1cccc(-c3c([2H])c([2H])c4c(c3[2H])C(C([2H])([2H])[2H])(C([2H])([2H])[2H])C([2H])([2H])C([2H])([2H])C4(C([2H])([2H])[2H])C([2H])([2H])[2H])c1-[n+]1[c-]n(-c3cc(Oc4ccc5c6ccccc6n(-c6cc(C(C)(C)C)ccn6)c5c4)c[c]([Ge]([c]4ccccc4)([c]4ccccc4)[c]4ccccc4)c3)c3cc4oc5ccccc5c4cc31)C(C([2H])([2H])[2H])(C([2H])([2H])[2H])C([2H])([2H])C([2H])([2H])C2(C([2H])([2H])[2H])C([2H])([2H])[2H]. The first-order chi connectivity index (χ1) is 63.3. The molecule has 0 spiro atoms. The first kappa shape index (κ1) is 33.7. The maximum atomic E-state index is 10.8. The van der Waals surface area contributed by atoms with Crippen molar-refractivity contribution in [2.45, 2.75) is 128 Å². The number of hydrogen-bond acceptors (Lipinski definition) is 3. The third kappa shape index (κ3) is 10.3. The van der Waals surface area contributed by atoms with E-state index >= 15 is 0 Å². The van der Waals surface area contributed by atoms with Crippen LogP contribution in [0.25, 0.3) is 94.2 Å². The van der Waals surface area contributed by atoms with E-state index in [9.17, 15) is 35.6 Å². The molecular formula is C92H84GeN4O2. The van der Waals surface area contributed by atoms with Gasteiger partial charge in [-0.15, -0.1) is 0 Å². The van der Waals surface area contributed by atoms with E-state index < -0.39 is 202 Å². The van der Waals surface area contributed by atoms with Crippen molar-refractivity contribution in [2.75, 3.05) is 0 Å². The van der Waals surface area contributed by atoms with Gasteiger partial charge in [-0.3, -0.25) is 0 Å². The summed E-state index contributed by atoms with van der Waals surface area (Å²) >= 11 is -4.84. The Morgan fingerprint density at radius 3 is 1.65 bits per heavy atom. The Bertz CT molecular complexity index is 7120. The number of ether oxygens (including phenoxy) is 1. The second kappa shape index (κ2) is 23.0. The van der Waals surface area contributed by atoms with E-state index in [4.69, 9.17) is 30.6 Å². The molecular weight excluding hydrogens is 1270 g/mol. The van der Waals surface area contributed by atoms with Gasteiger partial charge >= 0.3 is 484 Å². The number of furan rings is 1. The zero-order chi connectivity index (χ0) is 100. The molecule has 11 aromatic carbocycles. The molecule has 0 saturated carbocycles. The molecule has 4 heterocycles. The molecule has 2 aliphatic rings. The van der Waals surface area contributed by atoms with Crippen LogP contribution in [0.1, 0.15) is 181 Å². The van der Waals surface area contributed by atoms with Gasteiger partial charge in [0.2, 0.25) is 0 Å². The number of aromatic nitrogens is 4. The minimum absolute atomic E-state index is 0.0556. The van der Waals surface area contributed by atoms with Gasteiger partial charge in [0.15, 0.2) is 0 Å². The minimum Gasteiger partial charge on any atom is -0.0558 e. The Morgan fingerprint density at radius 2 is 1.05 bits per heavy atom. The van der Waals surface area contributed by atoms with Gasteiger partial charge in [0.05, 0.1) is 0 Å². The fraction of sp³-hybridized carbons (Fsp3) is 0.217. The number of imidazole rings is 1. The molecule has 0 saturated heterocycles. The van der Waals surface area contributed by atoms with Crippen LogP contribution in [0, 0.1) is 6.33 Å². The van der Waals surface area contributed by atoms with Gasteiger partial charge in [-0.2, -0.15) is 0 Å². The Morgan fingerprint density at radius 1 is 0.495 bits per heavy atom. The number of benzene rings is 11. The smallest absolute Gasteiger partial charge is 0.0558 e. The first-order valence-electron chi connectivity index (χ1n) is 51.0. The molecule has 0 unspecified atom stereocenters. The third-order valence-electron chi connectivity index (χ3n) is 18.9. The number of nitrogens with zero attached hydrogens (tertiary/aromatic N) is 4. The molecule has 0 bridgehead atoms. The van der Waals surface area contributed by atoms with Gasteiger partial charge in [-0.05, 0) is 36.3 Å². The Kier molecular flexibility index (Phi) is 7.84. The van der Waals surface area contributed by atoms with E-state index in [1.165, 1.54) is 16.7 Å². The summed E-state index contributed by atoms with van der Waals surface area (Å²) in [4.78, 5) is 4.92. The molecule has 0 amide bonds. The van der Waals surface area contributed by atoms with E-state index in [0.717, 1.165) is 57.8 Å². The number of para-hydroxylation sites is 3. The monoisotopic (exact) mass is 1390 g/mol. The van der Waals surface area contributed by atoms with Crippen molar-refractivity contribution in [3.63, 3.8) is 0 Å². The topological polar surface area (TPSA) is 49.0 Å². The van der Waals surface area contributed by atoms with Gasteiger partial charge in [0.25, 0.3) is 0 Å². The quantitative estimate of drug-likeness (QED) is 0.0737. The second-order valence-corrected chi connectivity index (χ2v) is 34.3. The standard InChI is InChI=1S/C92H84GeN4O2/c1-88(2,3)62-44-49-94-86(52-62)97-80-36-23-21-32-72(80)73-41-40-68(56-81(73)97)98-69-54-66(93(63-26-15-12-16-27-63,64-28-17-13-18-29-64)65-30-19-14-20-31-65)53-67(55-69)95-59-96(82-57-75-74-33-22-24-37-84(74)99-85(75)58-83(82)95)87-70(60-38-42-76-78(50-60)91(8,9)47-45-89(76,4)5)34-25-35-71(87)61-39-43-77-79(51-61)92(10,11)48-46-90(77,6)7/h12-44,49-58H,45-48H2,1-11H3/i4D3,5D3,6D3,7D3,8D3,9D3,10D3,11D3,38D,39D,42D,43D,45D2,46D2,47D2,48D2,50D,51D. The minimum atomic E-state index is -4.91. The summed E-state index contributed by atoms with van der Waals surface area (Å²) in [6, 6.07) is 53.1. The van der Waals surface area contributed by atoms with Crippen molar-refractivity contribution in [3.8, 4) is 50.9 Å². The fourth-order valence-corrected chi connectivity index (χ4v) is 24.2. The van der Waals surface area contributed by atoms with Crippen LogP contribution in [-0.2, 0) is 27.1 Å². The number of rotatable bonds is 11. The summed E-state index contributed by atoms with van der Waals surface area (Å²) < 4.78 is 386. The van der Waals surface area contributed by atoms with Gasteiger partial charge in [-0.25, -0.2) is 0 Å². The van der Waals surface area contributed by atoms with Crippen LogP contribution in [0.4, 0.5) is 0 Å². The molecule has 99 heavy (non-hydrogen) atoms. The van der Waals surface area contributed by atoms with E-state index in [1.807, 2.05) is 156 Å². The predicted octanol–water partition coefficient (Wildman–Crippen LogP) is 20.6. The maximum absolute atomic E-state index is 10.8. The fourth-order valence-electron chi connectivity index (χ4n) is 14.2. The average Bonchev–Trinajstić information content (AvgIpc) is 0.982. The Balaban J connectivity index is 1.10. The van der Waals surface area contributed by atoms with Crippen molar-refractivity contribution in [2.24, 2.45) is 0 Å². The zero-order valence-electron chi connectivity index (χ0n) is 91.5. The summed E-state index contributed by atoms with van der Waals surface area (Å²) in [5, 5.41) is 2.23. The van der Waals surface area contributed by atoms with Crippen molar-refractivity contribution in [1.29, 1.82) is 0 Å². The van der Waals surface area contributed by atoms with Gasteiger partial charge in [0.1, 0.15) is 0 Å². The summed E-state index contributed by atoms with van der Waals surface area (Å²) in [5.74, 6) is 0.925. The normalized spacial score (nSPS) is 24.3. The molecule has 0 N–H and O–H groups in total. The number of fused-ring (bicyclic) bond motifs is 9. The van der Waals surface area contributed by atoms with Gasteiger partial charge in [0, 0.05) is 43.9 Å². The Hall–Kier alpha value is -10.0. The van der Waals surface area contributed by atoms with Crippen molar-refractivity contribution in [3.05, 3.63) is 295 Å². The van der Waals surface area contributed by atoms with E-state index in [2.05, 4.69) is 27.1 Å². The summed E-state index contributed by atoms with van der Waals surface area (Å²) in [7, 11) is 0. The molecule has 0 atom stereocenters. The molecule has 17 rings (SSSR count). The molecule has 2 aliphatic carbocycles. The van der Waals surface area contributed by atoms with Crippen LogP contribution >= 0.6 is 0 Å². The van der Waals surface area contributed by atoms with E-state index in [0.29, 0.717) is 21.1 Å². The number of hydrogen-bond donors (Lipinski definition) is 0. The van der Waals surface area contributed by atoms with Crippen LogP contribution < -0.4 is 26.9 Å². The van der Waals surface area contributed by atoms with Crippen LogP contribution in [0.15, 0.2) is 265 Å². The van der Waals surface area contributed by atoms with E-state index in [1.54, 1.807) is 42.6 Å². The van der Waals surface area contributed by atoms with Crippen molar-refractivity contribution >= 4 is 85.6 Å². The van der Waals surface area contributed by atoms with Crippen LogP contribution in [0.2, 0.25) is 0 Å². The first-order valence-corrected chi connectivity index (χ1v) is 36.2. The molecule has 7 heteroatoms. The predicted molar refractivity (Wildman–Crippen MR) is 413 cm³/mol. The molecule has 0 radical (unpaired) electrons. The Labute approximate surface area is 638 Å². The molecule has 488 valence electrons. The third-order valence-corrected chi connectivity index (χ3v) is 28.9. The summed E-state index contributed by atoms with van der Waals surface area (Å²) in [6.07, 6.45) is -14.4. The molecule has 0 aliphatic heterocycles. The van der Waals surface area contributed by atoms with Crippen molar-refractivity contribution in [1.82, 2.24) is 14.1 Å². The van der Waals surface area contributed by atoms with Gasteiger partial charge < -0.3 is 0 Å². The van der Waals surface area contributed by atoms with Crippen LogP contribution in [0.5, 0.6) is 11.5 Å². The second-order valence-electron chi connectivity index (χ2n) is 26.3. The van der Waals surface area contributed by atoms with Gasteiger partial charge in [-0.1, -0.05) is 75.6 Å². The zero-order valence-corrected chi connectivity index (χ0v) is 55.6. The molecule has 15 aromatic rings. The molecule has 4 aromatic heterocycles. The molecule has 0 fully saturated rings. The number of pyridine rings is 1. The molecule has 6 nitrogen and oxygen atoms in total. The van der Waals surface area contributed by atoms with Crippen molar-refractivity contribution < 1.29 is 65.8 Å². The van der Waals surface area contributed by atoms with E-state index in [-0.39, 0.29) is 50.2 Å². The summed E-state index contributed by atoms with van der Waals surface area (Å²) in [6.45, 7) is -30.6.